The Hall–Kier alpha value is -2.40. The molecule has 0 amide bonds. The predicted molar refractivity (Wildman–Crippen MR) is 80.3 cm³/mol. The van der Waals surface area contributed by atoms with Crippen molar-refractivity contribution in [2.45, 2.75) is 0 Å². The van der Waals surface area contributed by atoms with Crippen LogP contribution in [0.1, 0.15) is 10.4 Å². The molecule has 0 saturated heterocycles. The van der Waals surface area contributed by atoms with Crippen molar-refractivity contribution in [3.8, 4) is 11.5 Å². The van der Waals surface area contributed by atoms with Crippen LogP contribution >= 0.6 is 11.6 Å². The summed E-state index contributed by atoms with van der Waals surface area (Å²) in [6.45, 7) is 0. The van der Waals surface area contributed by atoms with E-state index in [9.17, 15) is 4.79 Å². The fraction of sp³-hybridized carbons (Fsp3) is 0.133. The van der Waals surface area contributed by atoms with Gasteiger partial charge in [-0.2, -0.15) is 0 Å². The molecule has 0 N–H and O–H groups in total. The van der Waals surface area contributed by atoms with Gasteiger partial charge in [0.15, 0.2) is 5.82 Å². The Morgan fingerprint density at radius 1 is 1.33 bits per heavy atom. The van der Waals surface area contributed by atoms with E-state index in [0.29, 0.717) is 21.9 Å². The van der Waals surface area contributed by atoms with Gasteiger partial charge in [0.05, 0.1) is 28.7 Å². The van der Waals surface area contributed by atoms with E-state index in [-0.39, 0.29) is 0 Å². The number of carbonyl (C=O) groups is 1. The first-order chi connectivity index (χ1) is 10.1. The number of imidazole rings is 1. The Balaban J connectivity index is 2.23. The average Bonchev–Trinajstić information content (AvgIpc) is 2.83. The number of aromatic nitrogens is 3. The zero-order chi connectivity index (χ0) is 15.0. The van der Waals surface area contributed by atoms with E-state index in [1.165, 1.54) is 7.11 Å². The number of rotatable bonds is 2. The number of aryl methyl sites for hydroxylation is 1. The van der Waals surface area contributed by atoms with Crippen LogP contribution in [0.3, 0.4) is 0 Å². The smallest absolute Gasteiger partial charge is 0.339 e. The van der Waals surface area contributed by atoms with Crippen molar-refractivity contribution in [3.63, 3.8) is 0 Å². The number of carbonyl (C=O) groups excluding carboxylic acids is 1. The van der Waals surface area contributed by atoms with Crippen LogP contribution in [-0.4, -0.2) is 27.6 Å². The van der Waals surface area contributed by atoms with Gasteiger partial charge >= 0.3 is 5.97 Å². The topological polar surface area (TPSA) is 57.0 Å². The van der Waals surface area contributed by atoms with Crippen molar-refractivity contribution >= 4 is 28.6 Å². The summed E-state index contributed by atoms with van der Waals surface area (Å²) in [4.78, 5) is 20.5. The molecular formula is C15H12ClN3O2. The molecule has 0 radical (unpaired) electrons. The highest BCUT2D eigenvalue weighted by molar-refractivity contribution is 6.34. The van der Waals surface area contributed by atoms with Gasteiger partial charge in [0.2, 0.25) is 0 Å². The van der Waals surface area contributed by atoms with Crippen LogP contribution in [-0.2, 0) is 11.8 Å². The maximum absolute atomic E-state index is 11.7. The molecule has 3 rings (SSSR count). The van der Waals surface area contributed by atoms with Crippen LogP contribution in [0, 0.1) is 0 Å². The van der Waals surface area contributed by atoms with Crippen LogP contribution in [0.15, 0.2) is 36.5 Å². The number of methoxy groups -OCH3 is 1. The lowest BCUT2D eigenvalue weighted by atomic mass is 10.2. The molecule has 0 aliphatic rings. The first-order valence-corrected chi connectivity index (χ1v) is 6.65. The minimum atomic E-state index is -0.480. The largest absolute Gasteiger partial charge is 0.465 e. The van der Waals surface area contributed by atoms with Crippen molar-refractivity contribution in [2.24, 2.45) is 7.05 Å². The number of ether oxygens (including phenoxy) is 1. The first-order valence-electron chi connectivity index (χ1n) is 6.27. The van der Waals surface area contributed by atoms with Crippen LogP contribution in [0.4, 0.5) is 0 Å². The van der Waals surface area contributed by atoms with Crippen LogP contribution in [0.25, 0.3) is 22.6 Å². The van der Waals surface area contributed by atoms with Crippen molar-refractivity contribution in [1.82, 2.24) is 14.5 Å². The minimum absolute atomic E-state index is 0.303. The van der Waals surface area contributed by atoms with E-state index in [2.05, 4.69) is 9.97 Å². The molecule has 0 atom stereocenters. The molecule has 3 aromatic rings. The van der Waals surface area contributed by atoms with Gasteiger partial charge in [-0.1, -0.05) is 17.7 Å². The Labute approximate surface area is 126 Å². The Morgan fingerprint density at radius 2 is 2.14 bits per heavy atom. The number of hydrogen-bond acceptors (Lipinski definition) is 4. The van der Waals surface area contributed by atoms with Gasteiger partial charge in [0.25, 0.3) is 0 Å². The standard InChI is InChI=1S/C15H12ClN3O2/c1-19-13-8-10(16)9(15(20)21-2)7-12(13)18-14(19)11-5-3-4-6-17-11/h3-8H,1-2H3. The van der Waals surface area contributed by atoms with Gasteiger partial charge in [0, 0.05) is 13.2 Å². The van der Waals surface area contributed by atoms with Gasteiger partial charge in [-0.05, 0) is 24.3 Å². The third-order valence-electron chi connectivity index (χ3n) is 3.27. The molecule has 0 bridgehead atoms. The molecule has 21 heavy (non-hydrogen) atoms. The summed E-state index contributed by atoms with van der Waals surface area (Å²) in [7, 11) is 3.20. The second kappa shape index (κ2) is 5.18. The molecule has 2 heterocycles. The number of benzene rings is 1. The molecule has 0 aliphatic carbocycles. The number of nitrogens with zero attached hydrogens (tertiary/aromatic N) is 3. The van der Waals surface area contributed by atoms with E-state index in [1.54, 1.807) is 18.3 Å². The average molecular weight is 302 g/mol. The van der Waals surface area contributed by atoms with Gasteiger partial charge in [0.1, 0.15) is 5.69 Å². The maximum Gasteiger partial charge on any atom is 0.339 e. The van der Waals surface area contributed by atoms with Gasteiger partial charge in [-0.25, -0.2) is 9.78 Å². The number of pyridine rings is 1. The molecule has 0 spiro atoms. The third kappa shape index (κ3) is 2.25. The lowest BCUT2D eigenvalue weighted by Crippen LogP contribution is -2.02. The molecule has 2 aromatic heterocycles. The predicted octanol–water partition coefficient (Wildman–Crippen LogP) is 3.08. The monoisotopic (exact) mass is 301 g/mol. The summed E-state index contributed by atoms with van der Waals surface area (Å²) in [6, 6.07) is 8.97. The van der Waals surface area contributed by atoms with E-state index < -0.39 is 5.97 Å². The maximum atomic E-state index is 11.7. The Morgan fingerprint density at radius 3 is 2.81 bits per heavy atom. The van der Waals surface area contributed by atoms with Crippen molar-refractivity contribution in [1.29, 1.82) is 0 Å². The van der Waals surface area contributed by atoms with Crippen molar-refractivity contribution < 1.29 is 9.53 Å². The molecule has 6 heteroatoms. The number of fused-ring (bicyclic) bond motifs is 1. The molecule has 0 saturated carbocycles. The zero-order valence-corrected chi connectivity index (χ0v) is 12.3. The van der Waals surface area contributed by atoms with Gasteiger partial charge in [-0.3, -0.25) is 4.98 Å². The fourth-order valence-electron chi connectivity index (χ4n) is 2.20. The first kappa shape index (κ1) is 13.6. The molecule has 0 fully saturated rings. The second-order valence-electron chi connectivity index (χ2n) is 4.52. The lowest BCUT2D eigenvalue weighted by molar-refractivity contribution is 0.0601. The summed E-state index contributed by atoms with van der Waals surface area (Å²) in [5.74, 6) is 0.232. The van der Waals surface area contributed by atoms with Crippen molar-refractivity contribution in [2.75, 3.05) is 7.11 Å². The second-order valence-corrected chi connectivity index (χ2v) is 4.93. The summed E-state index contributed by atoms with van der Waals surface area (Å²) in [5, 5.41) is 0.338. The molecular weight excluding hydrogens is 290 g/mol. The fourth-order valence-corrected chi connectivity index (χ4v) is 2.44. The highest BCUT2D eigenvalue weighted by atomic mass is 35.5. The Bertz CT molecular complexity index is 828. The molecule has 106 valence electrons. The van der Waals surface area contributed by atoms with Crippen LogP contribution in [0.5, 0.6) is 0 Å². The molecule has 1 aromatic carbocycles. The van der Waals surface area contributed by atoms with Gasteiger partial charge in [-0.15, -0.1) is 0 Å². The highest BCUT2D eigenvalue weighted by Gasteiger charge is 2.17. The SMILES string of the molecule is COC(=O)c1cc2nc(-c3ccccn3)n(C)c2cc1Cl. The molecule has 0 aliphatic heterocycles. The van der Waals surface area contributed by atoms with Crippen LogP contribution in [0.2, 0.25) is 5.02 Å². The van der Waals surface area contributed by atoms with E-state index in [1.807, 2.05) is 29.8 Å². The minimum Gasteiger partial charge on any atom is -0.465 e. The van der Waals surface area contributed by atoms with Crippen LogP contribution < -0.4 is 0 Å². The summed E-state index contributed by atoms with van der Waals surface area (Å²) < 4.78 is 6.61. The molecule has 0 unspecified atom stereocenters. The number of hydrogen-bond donors (Lipinski definition) is 0. The number of halogens is 1. The normalized spacial score (nSPS) is 10.8. The molecule has 5 nitrogen and oxygen atoms in total. The lowest BCUT2D eigenvalue weighted by Gasteiger charge is -2.03. The quantitative estimate of drug-likeness (QED) is 0.683. The van der Waals surface area contributed by atoms with E-state index in [4.69, 9.17) is 16.3 Å². The third-order valence-corrected chi connectivity index (χ3v) is 3.58. The number of esters is 1. The summed E-state index contributed by atoms with van der Waals surface area (Å²) in [5.41, 5.74) is 2.56. The summed E-state index contributed by atoms with van der Waals surface area (Å²) >= 11 is 6.15. The zero-order valence-electron chi connectivity index (χ0n) is 11.5. The van der Waals surface area contributed by atoms with Gasteiger partial charge < -0.3 is 9.30 Å². The van der Waals surface area contributed by atoms with Crippen molar-refractivity contribution in [3.05, 3.63) is 47.1 Å². The highest BCUT2D eigenvalue weighted by Crippen LogP contribution is 2.27. The summed E-state index contributed by atoms with van der Waals surface area (Å²) in [6.07, 6.45) is 1.71. The Kier molecular flexibility index (Phi) is 3.35. The van der Waals surface area contributed by atoms with E-state index >= 15 is 0 Å². The van der Waals surface area contributed by atoms with E-state index in [0.717, 1.165) is 11.2 Å².